The Balaban J connectivity index is 3.16. The predicted octanol–water partition coefficient (Wildman–Crippen LogP) is 4.34. The first-order valence-electron chi connectivity index (χ1n) is 6.50. The largest absolute Gasteiger partial charge is 0.236 e. The average Bonchev–Trinajstić information content (AvgIpc) is 2.26. The molecule has 2 unspecified atom stereocenters. The fraction of sp³-hybridized carbons (Fsp3) is 1.00. The van der Waals surface area contributed by atoms with E-state index in [0.717, 1.165) is 19.4 Å². The van der Waals surface area contributed by atoms with Crippen molar-refractivity contribution in [1.82, 2.24) is 0 Å². The predicted molar refractivity (Wildman–Crippen MR) is 64.7 cm³/mol. The molecule has 0 rings (SSSR count). The number of hydrogen-bond acceptors (Lipinski definition) is 2. The molecular weight excluding hydrogens is 188 g/mol. The van der Waals surface area contributed by atoms with Gasteiger partial charge in [-0.1, -0.05) is 52.9 Å². The minimum absolute atomic E-state index is 0.214. The Morgan fingerprint density at radius 3 is 2.20 bits per heavy atom. The summed E-state index contributed by atoms with van der Waals surface area (Å²) in [5, 5.41) is 0. The molecule has 92 valence electrons. The second-order valence-corrected chi connectivity index (χ2v) is 4.42. The van der Waals surface area contributed by atoms with Gasteiger partial charge in [-0.15, -0.1) is 0 Å². The van der Waals surface area contributed by atoms with E-state index in [-0.39, 0.29) is 6.10 Å². The Morgan fingerprint density at radius 2 is 1.60 bits per heavy atom. The van der Waals surface area contributed by atoms with Crippen molar-refractivity contribution in [3.05, 3.63) is 0 Å². The van der Waals surface area contributed by atoms with Gasteiger partial charge in [0.2, 0.25) is 0 Å². The summed E-state index contributed by atoms with van der Waals surface area (Å²) in [5.41, 5.74) is 0. The van der Waals surface area contributed by atoms with Crippen LogP contribution in [0.15, 0.2) is 0 Å². The summed E-state index contributed by atoms with van der Waals surface area (Å²) >= 11 is 0. The third kappa shape index (κ3) is 8.88. The van der Waals surface area contributed by atoms with Crippen LogP contribution >= 0.6 is 0 Å². The van der Waals surface area contributed by atoms with Crippen LogP contribution in [0.5, 0.6) is 0 Å². The minimum Gasteiger partial charge on any atom is -0.236 e. The van der Waals surface area contributed by atoms with Crippen molar-refractivity contribution in [3.8, 4) is 0 Å². The molecule has 2 heteroatoms. The van der Waals surface area contributed by atoms with Crippen molar-refractivity contribution in [2.45, 2.75) is 72.3 Å². The maximum atomic E-state index is 5.30. The third-order valence-electron chi connectivity index (χ3n) is 3.00. The maximum Gasteiger partial charge on any atom is 0.0927 e. The van der Waals surface area contributed by atoms with E-state index in [0.29, 0.717) is 5.92 Å². The summed E-state index contributed by atoms with van der Waals surface area (Å²) < 4.78 is 0. The zero-order valence-corrected chi connectivity index (χ0v) is 10.9. The van der Waals surface area contributed by atoms with Gasteiger partial charge in [-0.2, -0.15) is 0 Å². The van der Waals surface area contributed by atoms with E-state index >= 15 is 0 Å². The molecule has 0 radical (unpaired) electrons. The summed E-state index contributed by atoms with van der Waals surface area (Å²) in [7, 11) is 0. The van der Waals surface area contributed by atoms with Crippen LogP contribution in [0.4, 0.5) is 0 Å². The Morgan fingerprint density at radius 1 is 0.933 bits per heavy atom. The first-order chi connectivity index (χ1) is 7.22. The quantitative estimate of drug-likeness (QED) is 0.307. The van der Waals surface area contributed by atoms with Crippen LogP contribution < -0.4 is 0 Å². The van der Waals surface area contributed by atoms with Gasteiger partial charge < -0.3 is 0 Å². The lowest BCUT2D eigenvalue weighted by atomic mass is 10.0. The molecule has 0 aromatic carbocycles. The number of rotatable bonds is 10. The van der Waals surface area contributed by atoms with Crippen molar-refractivity contribution in [3.63, 3.8) is 0 Å². The fourth-order valence-corrected chi connectivity index (χ4v) is 1.35. The van der Waals surface area contributed by atoms with E-state index in [2.05, 4.69) is 27.7 Å². The molecule has 0 fully saturated rings. The molecule has 0 heterocycles. The Labute approximate surface area is 95.3 Å². The maximum absolute atomic E-state index is 5.30. The molecule has 2 atom stereocenters. The third-order valence-corrected chi connectivity index (χ3v) is 3.00. The molecule has 0 aliphatic carbocycles. The topological polar surface area (TPSA) is 18.5 Å². The second-order valence-electron chi connectivity index (χ2n) is 4.42. The smallest absolute Gasteiger partial charge is 0.0927 e. The van der Waals surface area contributed by atoms with Crippen LogP contribution in [-0.4, -0.2) is 12.7 Å². The lowest BCUT2D eigenvalue weighted by Crippen LogP contribution is -2.18. The van der Waals surface area contributed by atoms with Crippen LogP contribution in [0, 0.1) is 5.92 Å². The van der Waals surface area contributed by atoms with Gasteiger partial charge >= 0.3 is 0 Å². The normalized spacial score (nSPS) is 15.2. The lowest BCUT2D eigenvalue weighted by molar-refractivity contribution is -0.329. The molecule has 15 heavy (non-hydrogen) atoms. The molecule has 0 aromatic heterocycles. The zero-order valence-electron chi connectivity index (χ0n) is 10.9. The molecule has 2 nitrogen and oxygen atoms in total. The van der Waals surface area contributed by atoms with E-state index in [1.807, 2.05) is 0 Å². The van der Waals surface area contributed by atoms with Crippen molar-refractivity contribution in [2.24, 2.45) is 5.92 Å². The summed E-state index contributed by atoms with van der Waals surface area (Å²) in [5.74, 6) is 0.574. The number of unbranched alkanes of at least 4 members (excludes halogenated alkanes) is 4. The van der Waals surface area contributed by atoms with E-state index in [1.54, 1.807) is 0 Å². The molecule has 0 spiro atoms. The zero-order chi connectivity index (χ0) is 11.5. The molecular formula is C13H28O2. The van der Waals surface area contributed by atoms with Crippen LogP contribution in [0.3, 0.4) is 0 Å². The van der Waals surface area contributed by atoms with Gasteiger partial charge in [-0.25, -0.2) is 9.78 Å². The van der Waals surface area contributed by atoms with Crippen molar-refractivity contribution < 1.29 is 9.78 Å². The molecule has 0 saturated carbocycles. The Kier molecular flexibility index (Phi) is 10.4. The standard InChI is InChI=1S/C13H28O2/c1-5-7-8-9-10-11-14-15-13(4)12(3)6-2/h12-13H,5-11H2,1-4H3. The second kappa shape index (κ2) is 10.4. The van der Waals surface area contributed by atoms with Crippen LogP contribution in [0.2, 0.25) is 0 Å². The highest BCUT2D eigenvalue weighted by molar-refractivity contribution is 4.56. The summed E-state index contributed by atoms with van der Waals surface area (Å²) in [4.78, 5) is 10.5. The van der Waals surface area contributed by atoms with Gasteiger partial charge in [0.1, 0.15) is 0 Å². The molecule has 0 aromatic rings. The molecule has 0 amide bonds. The summed E-state index contributed by atoms with van der Waals surface area (Å²) in [6, 6.07) is 0. The van der Waals surface area contributed by atoms with Gasteiger partial charge in [-0.3, -0.25) is 0 Å². The van der Waals surface area contributed by atoms with E-state index in [1.165, 1.54) is 25.7 Å². The van der Waals surface area contributed by atoms with Gasteiger partial charge in [0.05, 0.1) is 12.7 Å². The fourth-order valence-electron chi connectivity index (χ4n) is 1.35. The van der Waals surface area contributed by atoms with Crippen molar-refractivity contribution >= 4 is 0 Å². The van der Waals surface area contributed by atoms with Gasteiger partial charge in [-0.05, 0) is 19.3 Å². The Hall–Kier alpha value is -0.0800. The molecule has 0 aliphatic heterocycles. The van der Waals surface area contributed by atoms with Gasteiger partial charge in [0, 0.05) is 0 Å². The van der Waals surface area contributed by atoms with Crippen molar-refractivity contribution in [2.75, 3.05) is 6.61 Å². The van der Waals surface area contributed by atoms with E-state index in [4.69, 9.17) is 9.78 Å². The first kappa shape index (κ1) is 14.9. The highest BCUT2D eigenvalue weighted by Crippen LogP contribution is 2.11. The number of hydrogen-bond donors (Lipinski definition) is 0. The Bertz CT molecular complexity index is 126. The summed E-state index contributed by atoms with van der Waals surface area (Å²) in [6.07, 6.45) is 7.68. The average molecular weight is 216 g/mol. The van der Waals surface area contributed by atoms with Crippen LogP contribution in [0.25, 0.3) is 0 Å². The molecule has 0 N–H and O–H groups in total. The molecule has 0 aliphatic rings. The van der Waals surface area contributed by atoms with Crippen LogP contribution in [0.1, 0.15) is 66.2 Å². The van der Waals surface area contributed by atoms with Gasteiger partial charge in [0.15, 0.2) is 0 Å². The molecule has 0 bridgehead atoms. The van der Waals surface area contributed by atoms with Crippen molar-refractivity contribution in [1.29, 1.82) is 0 Å². The van der Waals surface area contributed by atoms with E-state index in [9.17, 15) is 0 Å². The van der Waals surface area contributed by atoms with E-state index < -0.39 is 0 Å². The highest BCUT2D eigenvalue weighted by Gasteiger charge is 2.10. The highest BCUT2D eigenvalue weighted by atomic mass is 17.2. The van der Waals surface area contributed by atoms with Gasteiger partial charge in [0.25, 0.3) is 0 Å². The monoisotopic (exact) mass is 216 g/mol. The summed E-state index contributed by atoms with van der Waals surface area (Å²) in [6.45, 7) is 9.41. The van der Waals surface area contributed by atoms with Crippen LogP contribution in [-0.2, 0) is 9.78 Å². The first-order valence-corrected chi connectivity index (χ1v) is 6.50. The minimum atomic E-state index is 0.214. The lowest BCUT2D eigenvalue weighted by Gasteiger charge is -2.17. The molecule has 0 saturated heterocycles. The SMILES string of the molecule is CCCCCCCOOC(C)C(C)CC.